The van der Waals surface area contributed by atoms with Crippen LogP contribution in [0.15, 0.2) is 43.1 Å². The lowest BCUT2D eigenvalue weighted by atomic mass is 10.1. The van der Waals surface area contributed by atoms with E-state index in [9.17, 15) is 9.59 Å². The van der Waals surface area contributed by atoms with Crippen LogP contribution in [0.1, 0.15) is 11.5 Å². The summed E-state index contributed by atoms with van der Waals surface area (Å²) in [6.07, 6.45) is 0. The summed E-state index contributed by atoms with van der Waals surface area (Å²) in [5.41, 5.74) is 1.61. The minimum absolute atomic E-state index is 0.163. The summed E-state index contributed by atoms with van der Waals surface area (Å²) in [5, 5.41) is 4.02. The van der Waals surface area contributed by atoms with E-state index >= 15 is 0 Å². The highest BCUT2D eigenvalue weighted by Gasteiger charge is 2.20. The van der Waals surface area contributed by atoms with Gasteiger partial charge < -0.3 is 4.52 Å². The fourth-order valence-corrected chi connectivity index (χ4v) is 3.43. The van der Waals surface area contributed by atoms with Gasteiger partial charge in [0.2, 0.25) is 11.7 Å². The molecule has 0 unspecified atom stereocenters. The van der Waals surface area contributed by atoms with Crippen LogP contribution in [-0.2, 0) is 20.6 Å². The number of imidazole rings is 1. The molecule has 3 heterocycles. The molecular weight excluding hydrogens is 416 g/mol. The maximum absolute atomic E-state index is 12.3. The van der Waals surface area contributed by atoms with E-state index in [1.165, 1.54) is 11.6 Å². The lowest BCUT2D eigenvalue weighted by Gasteiger charge is -2.07. The molecule has 4 aromatic rings. The lowest BCUT2D eigenvalue weighted by molar-refractivity contribution is 0.371. The van der Waals surface area contributed by atoms with E-state index in [0.29, 0.717) is 22.1 Å². The van der Waals surface area contributed by atoms with E-state index < -0.39 is 11.2 Å². The molecular formula is C17H15BrN6O3. The van der Waals surface area contributed by atoms with Crippen molar-refractivity contribution in [2.45, 2.75) is 13.5 Å². The molecule has 0 amide bonds. The molecule has 4 rings (SSSR count). The van der Waals surface area contributed by atoms with Crippen LogP contribution >= 0.6 is 15.9 Å². The van der Waals surface area contributed by atoms with Crippen LogP contribution in [-0.4, -0.2) is 28.8 Å². The highest BCUT2D eigenvalue weighted by atomic mass is 79.9. The third-order valence-corrected chi connectivity index (χ3v) is 4.94. The van der Waals surface area contributed by atoms with Gasteiger partial charge in [-0.3, -0.25) is 18.5 Å². The molecule has 10 heteroatoms. The summed E-state index contributed by atoms with van der Waals surface area (Å²) in [6, 6.07) is 7.77. The first kappa shape index (κ1) is 17.4. The number of rotatable bonds is 3. The fourth-order valence-electron chi connectivity index (χ4n) is 2.96. The first-order valence-electron chi connectivity index (χ1n) is 8.08. The maximum Gasteiger partial charge on any atom is 0.332 e. The Balaban J connectivity index is 1.80. The topological polar surface area (TPSA) is 101 Å². The van der Waals surface area contributed by atoms with Gasteiger partial charge in [-0.25, -0.2) is 9.78 Å². The average molecular weight is 431 g/mol. The van der Waals surface area contributed by atoms with Gasteiger partial charge in [0.1, 0.15) is 6.54 Å². The van der Waals surface area contributed by atoms with Crippen molar-refractivity contribution in [2.24, 2.45) is 14.1 Å². The number of aryl methyl sites for hydroxylation is 2. The molecule has 0 saturated carbocycles. The molecule has 0 atom stereocenters. The van der Waals surface area contributed by atoms with E-state index in [0.717, 1.165) is 15.7 Å². The van der Waals surface area contributed by atoms with Crippen molar-refractivity contribution < 1.29 is 4.52 Å². The molecule has 0 aliphatic rings. The highest BCUT2D eigenvalue weighted by molar-refractivity contribution is 9.10. The summed E-state index contributed by atoms with van der Waals surface area (Å²) >= 11 is 3.34. The van der Waals surface area contributed by atoms with Crippen LogP contribution in [0.4, 0.5) is 0 Å². The molecule has 0 fully saturated rings. The smallest absolute Gasteiger partial charge is 0.332 e. The zero-order valence-electron chi connectivity index (χ0n) is 14.8. The Hall–Kier alpha value is -3.01. The van der Waals surface area contributed by atoms with E-state index in [1.807, 2.05) is 31.2 Å². The lowest BCUT2D eigenvalue weighted by Crippen LogP contribution is -2.37. The fraction of sp³-hybridized carbons (Fsp3) is 0.235. The molecule has 0 N–H and O–H groups in total. The summed E-state index contributed by atoms with van der Waals surface area (Å²) in [5.74, 6) is 0.804. The second-order valence-corrected chi connectivity index (χ2v) is 6.94. The minimum Gasteiger partial charge on any atom is -0.337 e. The number of fused-ring (bicyclic) bond motifs is 1. The molecule has 0 aliphatic heterocycles. The van der Waals surface area contributed by atoms with Crippen LogP contribution in [0.3, 0.4) is 0 Å². The summed E-state index contributed by atoms with van der Waals surface area (Å²) in [4.78, 5) is 33.3. The zero-order chi connectivity index (χ0) is 19.3. The summed E-state index contributed by atoms with van der Waals surface area (Å²) in [6.45, 7) is 2.15. The predicted molar refractivity (Wildman–Crippen MR) is 101 cm³/mol. The normalized spacial score (nSPS) is 11.4. The summed E-state index contributed by atoms with van der Waals surface area (Å²) < 4.78 is 9.79. The van der Waals surface area contributed by atoms with Crippen molar-refractivity contribution in [1.29, 1.82) is 0 Å². The maximum atomic E-state index is 12.3. The third kappa shape index (κ3) is 2.81. The van der Waals surface area contributed by atoms with Gasteiger partial charge in [0.25, 0.3) is 5.56 Å². The number of hydrogen-bond donors (Lipinski definition) is 0. The van der Waals surface area contributed by atoms with Gasteiger partial charge >= 0.3 is 5.69 Å². The van der Waals surface area contributed by atoms with Crippen molar-refractivity contribution in [3.8, 4) is 11.4 Å². The van der Waals surface area contributed by atoms with Gasteiger partial charge in [-0.05, 0) is 28.9 Å². The second kappa shape index (κ2) is 6.31. The standard InChI is InChI=1S/C17H15BrN6O3/c1-9-5-4-6-10(7-9)13-19-11(27-21-13)8-24-14-12(20-16(24)18)15(25)23(3)17(26)22(14)2/h4-7H,8H2,1-3H3. The van der Waals surface area contributed by atoms with Crippen molar-refractivity contribution in [2.75, 3.05) is 0 Å². The Kier molecular flexibility index (Phi) is 4.06. The SMILES string of the molecule is Cc1cccc(-c2noc(Cn3c(Br)nc4c(=O)n(C)c(=O)n(C)c43)n2)c1. The molecule has 3 aromatic heterocycles. The van der Waals surface area contributed by atoms with Gasteiger partial charge in [-0.2, -0.15) is 4.98 Å². The molecule has 0 radical (unpaired) electrons. The Morgan fingerprint density at radius 2 is 1.93 bits per heavy atom. The molecule has 9 nitrogen and oxygen atoms in total. The Labute approximate surface area is 161 Å². The average Bonchev–Trinajstić information content (AvgIpc) is 3.24. The van der Waals surface area contributed by atoms with Crippen molar-refractivity contribution in [3.63, 3.8) is 0 Å². The van der Waals surface area contributed by atoms with E-state index in [4.69, 9.17) is 4.52 Å². The molecule has 0 spiro atoms. The van der Waals surface area contributed by atoms with Crippen LogP contribution < -0.4 is 11.2 Å². The summed E-state index contributed by atoms with van der Waals surface area (Å²) in [7, 11) is 3.00. The molecule has 0 saturated heterocycles. The Morgan fingerprint density at radius 3 is 2.67 bits per heavy atom. The highest BCUT2D eigenvalue weighted by Crippen LogP contribution is 2.20. The molecule has 27 heavy (non-hydrogen) atoms. The minimum atomic E-state index is -0.460. The molecule has 1 aromatic carbocycles. The zero-order valence-corrected chi connectivity index (χ0v) is 16.4. The second-order valence-electron chi connectivity index (χ2n) is 6.23. The van der Waals surface area contributed by atoms with Crippen LogP contribution in [0, 0.1) is 6.92 Å². The quantitative estimate of drug-likeness (QED) is 0.457. The van der Waals surface area contributed by atoms with Gasteiger partial charge in [0.05, 0.1) is 0 Å². The number of aromatic nitrogens is 6. The van der Waals surface area contributed by atoms with Gasteiger partial charge in [0, 0.05) is 19.7 Å². The van der Waals surface area contributed by atoms with Crippen molar-refractivity contribution in [1.82, 2.24) is 28.8 Å². The third-order valence-electron chi connectivity index (χ3n) is 4.33. The molecule has 0 aliphatic carbocycles. The van der Waals surface area contributed by atoms with Crippen LogP contribution in [0.2, 0.25) is 0 Å². The largest absolute Gasteiger partial charge is 0.337 e. The van der Waals surface area contributed by atoms with Crippen LogP contribution in [0.25, 0.3) is 22.6 Å². The van der Waals surface area contributed by atoms with Gasteiger partial charge in [-0.15, -0.1) is 0 Å². The van der Waals surface area contributed by atoms with E-state index in [2.05, 4.69) is 31.1 Å². The van der Waals surface area contributed by atoms with Gasteiger partial charge in [-0.1, -0.05) is 28.9 Å². The van der Waals surface area contributed by atoms with Gasteiger partial charge in [0.15, 0.2) is 15.9 Å². The van der Waals surface area contributed by atoms with E-state index in [1.54, 1.807) is 11.6 Å². The van der Waals surface area contributed by atoms with E-state index in [-0.39, 0.29) is 12.1 Å². The van der Waals surface area contributed by atoms with Crippen molar-refractivity contribution in [3.05, 3.63) is 61.3 Å². The number of benzene rings is 1. The number of hydrogen-bond acceptors (Lipinski definition) is 6. The predicted octanol–water partition coefficient (Wildman–Crippen LogP) is 1.60. The molecule has 0 bridgehead atoms. The molecule has 138 valence electrons. The first-order chi connectivity index (χ1) is 12.9. The number of nitrogens with zero attached hydrogens (tertiary/aromatic N) is 6. The Morgan fingerprint density at radius 1 is 1.15 bits per heavy atom. The van der Waals surface area contributed by atoms with Crippen LogP contribution in [0.5, 0.6) is 0 Å². The monoisotopic (exact) mass is 430 g/mol. The number of halogens is 1. The Bertz CT molecular complexity index is 1300. The first-order valence-corrected chi connectivity index (χ1v) is 8.87. The van der Waals surface area contributed by atoms with Crippen molar-refractivity contribution >= 4 is 27.1 Å².